The Bertz CT molecular complexity index is 1420. The second-order valence-electron chi connectivity index (χ2n) is 7.58. The van der Waals surface area contributed by atoms with Gasteiger partial charge in [-0.3, -0.25) is 0 Å². The van der Waals surface area contributed by atoms with Crippen molar-refractivity contribution in [3.8, 4) is 5.75 Å². The summed E-state index contributed by atoms with van der Waals surface area (Å²) >= 11 is 0. The zero-order chi connectivity index (χ0) is 23.2. The zero-order valence-electron chi connectivity index (χ0n) is 17.2. The van der Waals surface area contributed by atoms with Crippen LogP contribution in [0.3, 0.4) is 0 Å². The minimum atomic E-state index is -4.48. The Morgan fingerprint density at radius 3 is 2.39 bits per heavy atom. The molecular formula is C23H18F3N3O3S. The van der Waals surface area contributed by atoms with Gasteiger partial charge in [-0.1, -0.05) is 36.4 Å². The third kappa shape index (κ3) is 3.80. The Hall–Kier alpha value is -3.53. The first-order valence-corrected chi connectivity index (χ1v) is 11.6. The van der Waals surface area contributed by atoms with Gasteiger partial charge in [0.2, 0.25) is 0 Å². The van der Waals surface area contributed by atoms with E-state index in [-0.39, 0.29) is 11.4 Å². The van der Waals surface area contributed by atoms with E-state index < -0.39 is 21.8 Å². The molecule has 0 fully saturated rings. The second-order valence-corrected chi connectivity index (χ2v) is 9.42. The van der Waals surface area contributed by atoms with Crippen LogP contribution >= 0.6 is 0 Å². The number of hydrogen-bond donors (Lipinski definition) is 0. The molecule has 0 atom stereocenters. The Morgan fingerprint density at radius 2 is 1.70 bits per heavy atom. The van der Waals surface area contributed by atoms with Crippen LogP contribution in [0.5, 0.6) is 5.75 Å². The summed E-state index contributed by atoms with van der Waals surface area (Å²) in [6.07, 6.45) is -4.05. The molecule has 1 aliphatic rings. The van der Waals surface area contributed by atoms with Gasteiger partial charge in [-0.15, -0.1) is 0 Å². The smallest absolute Gasteiger partial charge is 0.416 e. The lowest BCUT2D eigenvalue weighted by Gasteiger charge is -2.27. The van der Waals surface area contributed by atoms with Crippen LogP contribution in [-0.4, -0.2) is 24.9 Å². The topological polar surface area (TPSA) is 64.4 Å². The fourth-order valence-corrected chi connectivity index (χ4v) is 5.27. The predicted molar refractivity (Wildman–Crippen MR) is 116 cm³/mol. The molecule has 4 aromatic rings. The van der Waals surface area contributed by atoms with Crippen molar-refractivity contribution in [2.24, 2.45) is 0 Å². The van der Waals surface area contributed by atoms with Crippen LogP contribution in [0, 0.1) is 0 Å². The average Bonchev–Trinajstić information content (AvgIpc) is 3.18. The molecule has 0 unspecified atom stereocenters. The van der Waals surface area contributed by atoms with Crippen LogP contribution < -0.4 is 9.15 Å². The van der Waals surface area contributed by atoms with Gasteiger partial charge in [0, 0.05) is 6.42 Å². The van der Waals surface area contributed by atoms with Crippen molar-refractivity contribution in [1.29, 1.82) is 0 Å². The highest BCUT2D eigenvalue weighted by Crippen LogP contribution is 2.34. The number of rotatable bonds is 5. The standard InChI is InChI=1S/C23H18F3N3O3S/c24-23(25,26)17-11-9-16(10-12-17)15-28(33(30,31)18-5-2-1-3-6-18)29-20-13-14-32-21-8-4-7-19(27-29)22(20)21/h1-12H,13-15H2. The van der Waals surface area contributed by atoms with Crippen LogP contribution in [0.2, 0.25) is 0 Å². The van der Waals surface area contributed by atoms with Gasteiger partial charge in [0.05, 0.1) is 40.2 Å². The Morgan fingerprint density at radius 1 is 0.970 bits per heavy atom. The number of nitrogens with zero attached hydrogens (tertiary/aromatic N) is 3. The number of aromatic nitrogens is 2. The number of ether oxygens (including phenoxy) is 1. The van der Waals surface area contributed by atoms with Gasteiger partial charge in [0.25, 0.3) is 10.0 Å². The lowest BCUT2D eigenvalue weighted by Crippen LogP contribution is -2.42. The molecule has 170 valence electrons. The summed E-state index contributed by atoms with van der Waals surface area (Å²) in [5.41, 5.74) is 0.827. The highest BCUT2D eigenvalue weighted by Gasteiger charge is 2.32. The van der Waals surface area contributed by atoms with Gasteiger partial charge in [-0.05, 0) is 42.0 Å². The van der Waals surface area contributed by atoms with Crippen molar-refractivity contribution in [2.75, 3.05) is 11.0 Å². The first kappa shape index (κ1) is 21.3. The quantitative estimate of drug-likeness (QED) is 0.428. The minimum absolute atomic E-state index is 0.0518. The van der Waals surface area contributed by atoms with E-state index in [4.69, 9.17) is 4.74 Å². The molecule has 33 heavy (non-hydrogen) atoms. The predicted octanol–water partition coefficient (Wildman–Crippen LogP) is 4.52. The van der Waals surface area contributed by atoms with E-state index in [1.165, 1.54) is 29.1 Å². The van der Waals surface area contributed by atoms with Crippen LogP contribution in [-0.2, 0) is 29.2 Å². The van der Waals surface area contributed by atoms with E-state index in [0.29, 0.717) is 35.6 Å². The van der Waals surface area contributed by atoms with Crippen LogP contribution in [0.1, 0.15) is 16.8 Å². The summed E-state index contributed by atoms with van der Waals surface area (Å²) in [5.74, 6) is 0.617. The van der Waals surface area contributed by atoms with Gasteiger partial charge in [-0.25, -0.2) is 0 Å². The Labute approximate surface area is 187 Å². The molecule has 0 saturated heterocycles. The molecule has 5 rings (SSSR count). The summed E-state index contributed by atoms with van der Waals surface area (Å²) < 4.78 is 73.1. The van der Waals surface area contributed by atoms with Crippen LogP contribution in [0.25, 0.3) is 10.9 Å². The average molecular weight is 473 g/mol. The minimum Gasteiger partial charge on any atom is -0.492 e. The number of benzene rings is 3. The third-order valence-corrected chi connectivity index (χ3v) is 7.17. The van der Waals surface area contributed by atoms with Crippen LogP contribution in [0.15, 0.2) is 77.7 Å². The molecule has 1 aliphatic heterocycles. The van der Waals surface area contributed by atoms with Crippen molar-refractivity contribution in [1.82, 2.24) is 9.89 Å². The molecule has 0 bridgehead atoms. The molecule has 2 heterocycles. The Kier molecular flexibility index (Phi) is 5.04. The lowest BCUT2D eigenvalue weighted by molar-refractivity contribution is -0.137. The highest BCUT2D eigenvalue weighted by atomic mass is 32.2. The first-order chi connectivity index (χ1) is 15.7. The molecule has 0 saturated carbocycles. The largest absolute Gasteiger partial charge is 0.492 e. The van der Waals surface area contributed by atoms with E-state index in [1.54, 1.807) is 36.4 Å². The van der Waals surface area contributed by atoms with E-state index in [9.17, 15) is 21.6 Å². The van der Waals surface area contributed by atoms with Crippen molar-refractivity contribution >= 4 is 20.9 Å². The zero-order valence-corrected chi connectivity index (χ0v) is 18.0. The maximum absolute atomic E-state index is 13.7. The van der Waals surface area contributed by atoms with Crippen molar-refractivity contribution in [3.05, 3.63) is 89.6 Å². The van der Waals surface area contributed by atoms with E-state index in [1.807, 2.05) is 0 Å². The Balaban J connectivity index is 1.65. The molecule has 0 aliphatic carbocycles. The molecular weight excluding hydrogens is 455 g/mol. The van der Waals surface area contributed by atoms with Gasteiger partial charge in [-0.2, -0.15) is 35.9 Å². The summed E-state index contributed by atoms with van der Waals surface area (Å²) in [5, 5.41) is 5.26. The lowest BCUT2D eigenvalue weighted by atomic mass is 10.1. The van der Waals surface area contributed by atoms with E-state index in [2.05, 4.69) is 5.10 Å². The fraction of sp³-hybridized carbons (Fsp3) is 0.174. The second kappa shape index (κ2) is 7.80. The molecule has 0 spiro atoms. The van der Waals surface area contributed by atoms with Crippen LogP contribution in [0.4, 0.5) is 13.2 Å². The maximum Gasteiger partial charge on any atom is 0.416 e. The third-order valence-electron chi connectivity index (χ3n) is 5.46. The number of hydrogen-bond acceptors (Lipinski definition) is 4. The summed E-state index contributed by atoms with van der Waals surface area (Å²) in [6, 6.07) is 17.6. The van der Waals surface area contributed by atoms with Gasteiger partial charge >= 0.3 is 6.18 Å². The molecule has 0 N–H and O–H groups in total. The molecule has 3 aromatic carbocycles. The fourth-order valence-electron chi connectivity index (χ4n) is 3.87. The maximum atomic E-state index is 13.7. The number of sulfonamides is 1. The molecule has 1 aromatic heterocycles. The van der Waals surface area contributed by atoms with E-state index >= 15 is 0 Å². The van der Waals surface area contributed by atoms with Crippen molar-refractivity contribution in [2.45, 2.75) is 24.0 Å². The normalized spacial score (nSPS) is 13.7. The van der Waals surface area contributed by atoms with E-state index in [0.717, 1.165) is 21.9 Å². The molecule has 6 nitrogen and oxygen atoms in total. The SMILES string of the molecule is O=S(=O)(c1ccccc1)N(Cc1ccc(C(F)(F)F)cc1)n1nc2cccc3c2c1CCO3. The summed E-state index contributed by atoms with van der Waals surface area (Å²) in [4.78, 5) is 1.40. The number of alkyl halides is 3. The molecule has 0 amide bonds. The highest BCUT2D eigenvalue weighted by molar-refractivity contribution is 7.92. The molecule has 0 radical (unpaired) electrons. The van der Waals surface area contributed by atoms with Gasteiger partial charge in [0.15, 0.2) is 0 Å². The first-order valence-electron chi connectivity index (χ1n) is 10.1. The van der Waals surface area contributed by atoms with Gasteiger partial charge < -0.3 is 4.74 Å². The molecule has 10 heteroatoms. The van der Waals surface area contributed by atoms with Crippen molar-refractivity contribution < 1.29 is 26.3 Å². The van der Waals surface area contributed by atoms with Crippen molar-refractivity contribution in [3.63, 3.8) is 0 Å². The summed E-state index contributed by atoms with van der Waals surface area (Å²) in [7, 11) is -4.09. The monoisotopic (exact) mass is 473 g/mol. The summed E-state index contributed by atoms with van der Waals surface area (Å²) in [6.45, 7) is 0.157. The number of halogens is 3. The van der Waals surface area contributed by atoms with Gasteiger partial charge in [0.1, 0.15) is 5.75 Å².